The Kier molecular flexibility index (Phi) is 7.02. The molecule has 0 unspecified atom stereocenters. The van der Waals surface area contributed by atoms with Gasteiger partial charge in [-0.3, -0.25) is 9.48 Å². The van der Waals surface area contributed by atoms with E-state index in [1.165, 1.54) is 11.7 Å². The summed E-state index contributed by atoms with van der Waals surface area (Å²) in [4.78, 5) is 32.6. The monoisotopic (exact) mass is 572 g/mol. The van der Waals surface area contributed by atoms with E-state index in [2.05, 4.69) is 30.6 Å². The fourth-order valence-electron chi connectivity index (χ4n) is 4.33. The minimum absolute atomic E-state index is 0.0360. The van der Waals surface area contributed by atoms with Crippen LogP contribution in [0.15, 0.2) is 104 Å². The maximum atomic E-state index is 12.5. The lowest BCUT2D eigenvalue weighted by Gasteiger charge is -2.06. The van der Waals surface area contributed by atoms with E-state index in [0.717, 1.165) is 23.0 Å². The van der Waals surface area contributed by atoms with Gasteiger partial charge in [0.1, 0.15) is 11.3 Å². The smallest absolute Gasteiger partial charge is 0.339 e. The normalized spacial score (nSPS) is 10.8. The predicted molar refractivity (Wildman–Crippen MR) is 159 cm³/mol. The number of hydrogen-bond donors (Lipinski definition) is 3. The van der Waals surface area contributed by atoms with Crippen molar-refractivity contribution in [3.05, 3.63) is 115 Å². The van der Waals surface area contributed by atoms with Gasteiger partial charge in [-0.25, -0.2) is 23.8 Å². The molecule has 2 aromatic carbocycles. The lowest BCUT2D eigenvalue weighted by Crippen LogP contribution is -2.19. The molecule has 7 aromatic rings. The van der Waals surface area contributed by atoms with Crippen LogP contribution in [0.5, 0.6) is 0 Å². The molecule has 5 heterocycles. The first-order chi connectivity index (χ1) is 20.9. The first-order valence-electron chi connectivity index (χ1n) is 13.0. The highest BCUT2D eigenvalue weighted by atomic mass is 16.4. The molecule has 7 rings (SSSR count). The van der Waals surface area contributed by atoms with Gasteiger partial charge in [0.05, 0.1) is 30.0 Å². The van der Waals surface area contributed by atoms with Crippen molar-refractivity contribution in [2.75, 3.05) is 11.1 Å². The molecule has 5 aromatic heterocycles. The van der Waals surface area contributed by atoms with Gasteiger partial charge in [0.2, 0.25) is 0 Å². The van der Waals surface area contributed by atoms with Crippen molar-refractivity contribution in [3.8, 4) is 22.8 Å². The van der Waals surface area contributed by atoms with Gasteiger partial charge >= 0.3 is 5.97 Å². The van der Waals surface area contributed by atoms with Crippen molar-refractivity contribution in [3.63, 3.8) is 0 Å². The van der Waals surface area contributed by atoms with Gasteiger partial charge < -0.3 is 16.2 Å². The van der Waals surface area contributed by atoms with E-state index in [-0.39, 0.29) is 11.3 Å². The van der Waals surface area contributed by atoms with Gasteiger partial charge in [-0.1, -0.05) is 60.7 Å². The average Bonchev–Trinajstić information content (AvgIpc) is 3.74. The second kappa shape index (κ2) is 11.2. The Morgan fingerprint density at radius 1 is 0.767 bits per heavy atom. The van der Waals surface area contributed by atoms with Crippen molar-refractivity contribution in [1.29, 1.82) is 0 Å². The lowest BCUT2D eigenvalue weighted by atomic mass is 10.2. The number of anilines is 2. The zero-order chi connectivity index (χ0) is 29.9. The molecule has 0 spiro atoms. The number of aromatic carboxylic acids is 1. The topological polar surface area (TPSA) is 171 Å². The molecule has 43 heavy (non-hydrogen) atoms. The number of carbonyl (C=O) groups excluding carboxylic acids is 1. The zero-order valence-electron chi connectivity index (χ0n) is 22.7. The van der Waals surface area contributed by atoms with Crippen molar-refractivity contribution in [1.82, 2.24) is 39.0 Å². The van der Waals surface area contributed by atoms with E-state index >= 15 is 0 Å². The molecular weight excluding hydrogens is 548 g/mol. The molecule has 212 valence electrons. The molecule has 0 aliphatic carbocycles. The summed E-state index contributed by atoms with van der Waals surface area (Å²) >= 11 is 0. The number of rotatable bonds is 5. The van der Waals surface area contributed by atoms with Crippen molar-refractivity contribution in [2.45, 2.75) is 0 Å². The second-order valence-electron chi connectivity index (χ2n) is 9.38. The fourth-order valence-corrected chi connectivity index (χ4v) is 4.33. The number of aryl methyl sites for hydroxylation is 1. The number of hydrogen-bond acceptors (Lipinski definition) is 8. The van der Waals surface area contributed by atoms with Crippen molar-refractivity contribution >= 4 is 34.5 Å². The van der Waals surface area contributed by atoms with Gasteiger partial charge in [-0.05, 0) is 24.3 Å². The van der Waals surface area contributed by atoms with Crippen molar-refractivity contribution < 1.29 is 14.7 Å². The minimum atomic E-state index is -1.22. The van der Waals surface area contributed by atoms with E-state index in [9.17, 15) is 14.7 Å². The number of carboxylic acid groups (broad SMARTS) is 1. The molecule has 1 amide bonds. The maximum Gasteiger partial charge on any atom is 0.339 e. The van der Waals surface area contributed by atoms with E-state index in [1.54, 1.807) is 33.6 Å². The largest absolute Gasteiger partial charge is 0.478 e. The summed E-state index contributed by atoms with van der Waals surface area (Å²) in [5, 5.41) is 24.5. The van der Waals surface area contributed by atoms with Gasteiger partial charge in [-0.15, -0.1) is 10.2 Å². The number of aromatic nitrogens is 8. The Bertz CT molecular complexity index is 2080. The number of nitrogen functional groups attached to an aromatic ring is 1. The van der Waals surface area contributed by atoms with Crippen LogP contribution < -0.4 is 11.1 Å². The Morgan fingerprint density at radius 2 is 1.33 bits per heavy atom. The fraction of sp³-hybridized carbons (Fsp3) is 0.0333. The summed E-state index contributed by atoms with van der Waals surface area (Å²) in [5.74, 6) is -0.507. The lowest BCUT2D eigenvalue weighted by molar-refractivity contribution is 0.0692. The third-order valence-electron chi connectivity index (χ3n) is 6.39. The first kappa shape index (κ1) is 26.8. The number of carbonyl (C=O) groups is 2. The molecular formula is C30H24N10O3. The molecule has 0 radical (unpaired) electrons. The molecule has 0 saturated carbocycles. The van der Waals surface area contributed by atoms with Crippen molar-refractivity contribution in [2.24, 2.45) is 7.05 Å². The van der Waals surface area contributed by atoms with Crippen LogP contribution in [-0.4, -0.2) is 56.0 Å². The molecule has 0 fully saturated rings. The van der Waals surface area contributed by atoms with E-state index in [4.69, 9.17) is 5.73 Å². The molecule has 0 atom stereocenters. The van der Waals surface area contributed by atoms with Crippen LogP contribution in [0.2, 0.25) is 0 Å². The van der Waals surface area contributed by atoms with Crippen LogP contribution in [0.25, 0.3) is 34.1 Å². The maximum absolute atomic E-state index is 12.5. The van der Waals surface area contributed by atoms with Crippen LogP contribution in [0.1, 0.15) is 20.8 Å². The molecule has 0 saturated heterocycles. The Labute approximate surface area is 243 Å². The predicted octanol–water partition coefficient (Wildman–Crippen LogP) is 4.06. The highest BCUT2D eigenvalue weighted by Crippen LogP contribution is 2.19. The number of nitrogens with zero attached hydrogens (tertiary/aromatic N) is 8. The molecule has 4 N–H and O–H groups in total. The minimum Gasteiger partial charge on any atom is -0.478 e. The summed E-state index contributed by atoms with van der Waals surface area (Å²) in [5.41, 5.74) is 9.92. The average molecular weight is 573 g/mol. The van der Waals surface area contributed by atoms with Crippen LogP contribution in [-0.2, 0) is 7.05 Å². The van der Waals surface area contributed by atoms with Gasteiger partial charge in [0.15, 0.2) is 22.9 Å². The van der Waals surface area contributed by atoms with Crippen LogP contribution >= 0.6 is 0 Å². The summed E-state index contributed by atoms with van der Waals surface area (Å²) < 4.78 is 4.47. The highest BCUT2D eigenvalue weighted by Gasteiger charge is 2.22. The van der Waals surface area contributed by atoms with Crippen LogP contribution in [0.3, 0.4) is 0 Å². The Balaban J connectivity index is 0.000000174. The summed E-state index contributed by atoms with van der Waals surface area (Å²) in [6.45, 7) is 0. The number of amides is 1. The molecule has 0 aliphatic heterocycles. The second-order valence-corrected chi connectivity index (χ2v) is 9.38. The standard InChI is InChI=1S/C18H14N6O3.C12H10N4/c1-23-15(13(9-19-23)18(26)27)17(25)20-12-7-8-14-21-16(22-24(14)10-12)11-5-3-2-4-6-11;13-10-6-7-11-14-12(15-16(11)8-10)9-4-2-1-3-5-9/h2-10H,1H3,(H,20,25)(H,26,27);1-8H,13H2. The summed E-state index contributed by atoms with van der Waals surface area (Å²) in [7, 11) is 1.51. The molecule has 0 bridgehead atoms. The zero-order valence-corrected chi connectivity index (χ0v) is 22.7. The molecule has 13 nitrogen and oxygen atoms in total. The quantitative estimate of drug-likeness (QED) is 0.275. The van der Waals surface area contributed by atoms with Gasteiger partial charge in [-0.2, -0.15) is 5.10 Å². The Hall–Kier alpha value is -6.37. The Morgan fingerprint density at radius 3 is 1.91 bits per heavy atom. The van der Waals surface area contributed by atoms with E-state index in [1.807, 2.05) is 72.8 Å². The van der Waals surface area contributed by atoms with E-state index in [0.29, 0.717) is 28.7 Å². The summed E-state index contributed by atoms with van der Waals surface area (Å²) in [6, 6.07) is 26.5. The number of carboxylic acids is 1. The van der Waals surface area contributed by atoms with Crippen LogP contribution in [0, 0.1) is 0 Å². The number of nitrogens with one attached hydrogen (secondary N) is 1. The third-order valence-corrected chi connectivity index (χ3v) is 6.39. The van der Waals surface area contributed by atoms with E-state index < -0.39 is 11.9 Å². The summed E-state index contributed by atoms with van der Waals surface area (Å²) in [6.07, 6.45) is 4.52. The number of benzene rings is 2. The molecule has 0 aliphatic rings. The van der Waals surface area contributed by atoms with Gasteiger partial charge in [0, 0.05) is 18.2 Å². The SMILES string of the molecule is Cn1ncc(C(=O)O)c1C(=O)Nc1ccc2nc(-c3ccccc3)nn2c1.Nc1ccc2nc(-c3ccccc3)nn2c1. The number of fused-ring (bicyclic) bond motifs is 2. The molecule has 13 heteroatoms. The number of pyridine rings is 2. The van der Waals surface area contributed by atoms with Gasteiger partial charge in [0.25, 0.3) is 5.91 Å². The van der Waals surface area contributed by atoms with Crippen LogP contribution in [0.4, 0.5) is 11.4 Å². The first-order valence-corrected chi connectivity index (χ1v) is 13.0. The number of nitrogens with two attached hydrogens (primary N) is 1. The third kappa shape index (κ3) is 5.63. The highest BCUT2D eigenvalue weighted by molar-refractivity contribution is 6.09.